The van der Waals surface area contributed by atoms with Crippen molar-refractivity contribution in [2.45, 2.75) is 13.0 Å². The van der Waals surface area contributed by atoms with E-state index in [1.54, 1.807) is 12.1 Å². The molecule has 3 nitrogen and oxygen atoms in total. The van der Waals surface area contributed by atoms with Crippen LogP contribution in [0, 0.1) is 12.7 Å². The number of nitrogens with one attached hydrogen (secondary N) is 1. The van der Waals surface area contributed by atoms with Gasteiger partial charge in [0.1, 0.15) is 23.2 Å². The molecule has 0 fully saturated rings. The van der Waals surface area contributed by atoms with Crippen LogP contribution in [-0.2, 0) is 0 Å². The van der Waals surface area contributed by atoms with Crippen LogP contribution in [0.4, 0.5) is 4.39 Å². The van der Waals surface area contributed by atoms with Gasteiger partial charge >= 0.3 is 0 Å². The SMILES string of the molecule is Cc1cccc2cc(C(NN)c3cc(Br)ccc3F)oc12. The van der Waals surface area contributed by atoms with Gasteiger partial charge in [-0.05, 0) is 36.8 Å². The molecule has 1 atom stereocenters. The van der Waals surface area contributed by atoms with Gasteiger partial charge in [0, 0.05) is 15.4 Å². The third-order valence-electron chi connectivity index (χ3n) is 3.48. The molecular formula is C16H14BrFN2O. The zero-order chi connectivity index (χ0) is 15.0. The Morgan fingerprint density at radius 1 is 1.24 bits per heavy atom. The number of hydrogen-bond donors (Lipinski definition) is 2. The van der Waals surface area contributed by atoms with E-state index in [1.165, 1.54) is 6.07 Å². The second-order valence-corrected chi connectivity index (χ2v) is 5.82. The zero-order valence-electron chi connectivity index (χ0n) is 11.4. The van der Waals surface area contributed by atoms with Crippen LogP contribution in [0.25, 0.3) is 11.0 Å². The summed E-state index contributed by atoms with van der Waals surface area (Å²) in [5.74, 6) is 5.87. The van der Waals surface area contributed by atoms with E-state index in [1.807, 2.05) is 31.2 Å². The molecular weight excluding hydrogens is 335 g/mol. The van der Waals surface area contributed by atoms with E-state index in [-0.39, 0.29) is 5.82 Å². The second kappa shape index (κ2) is 5.60. The number of aryl methyl sites for hydroxylation is 1. The molecule has 3 rings (SSSR count). The number of hydrogen-bond acceptors (Lipinski definition) is 3. The van der Waals surface area contributed by atoms with Crippen molar-refractivity contribution in [1.82, 2.24) is 5.43 Å². The smallest absolute Gasteiger partial charge is 0.137 e. The second-order valence-electron chi connectivity index (χ2n) is 4.91. The largest absolute Gasteiger partial charge is 0.459 e. The number of para-hydroxylation sites is 1. The lowest BCUT2D eigenvalue weighted by molar-refractivity contribution is 0.461. The lowest BCUT2D eigenvalue weighted by Crippen LogP contribution is -2.29. The number of benzene rings is 2. The molecule has 3 N–H and O–H groups in total. The molecule has 21 heavy (non-hydrogen) atoms. The van der Waals surface area contributed by atoms with E-state index in [9.17, 15) is 4.39 Å². The summed E-state index contributed by atoms with van der Waals surface area (Å²) in [7, 11) is 0. The highest BCUT2D eigenvalue weighted by Gasteiger charge is 2.21. The van der Waals surface area contributed by atoms with Crippen LogP contribution in [0.1, 0.15) is 22.9 Å². The Labute approximate surface area is 130 Å². The third-order valence-corrected chi connectivity index (χ3v) is 3.97. The van der Waals surface area contributed by atoms with Gasteiger partial charge < -0.3 is 4.42 Å². The minimum absolute atomic E-state index is 0.335. The van der Waals surface area contributed by atoms with Crippen LogP contribution in [0.2, 0.25) is 0 Å². The molecule has 0 radical (unpaired) electrons. The van der Waals surface area contributed by atoms with Crippen LogP contribution in [0.15, 0.2) is 51.4 Å². The van der Waals surface area contributed by atoms with Crippen molar-refractivity contribution < 1.29 is 8.81 Å². The van der Waals surface area contributed by atoms with E-state index in [0.717, 1.165) is 21.0 Å². The Morgan fingerprint density at radius 3 is 2.76 bits per heavy atom. The summed E-state index contributed by atoms with van der Waals surface area (Å²) in [6.07, 6.45) is 0. The highest BCUT2D eigenvalue weighted by molar-refractivity contribution is 9.10. The minimum atomic E-state index is -0.547. The van der Waals surface area contributed by atoms with Gasteiger partial charge in [-0.15, -0.1) is 0 Å². The van der Waals surface area contributed by atoms with Crippen LogP contribution in [-0.4, -0.2) is 0 Å². The maximum atomic E-state index is 14.1. The van der Waals surface area contributed by atoms with Crippen molar-refractivity contribution in [3.63, 3.8) is 0 Å². The normalized spacial score (nSPS) is 12.8. The van der Waals surface area contributed by atoms with Crippen molar-refractivity contribution >= 4 is 26.9 Å². The maximum absolute atomic E-state index is 14.1. The molecule has 0 saturated carbocycles. The van der Waals surface area contributed by atoms with Crippen molar-refractivity contribution in [3.8, 4) is 0 Å². The predicted molar refractivity (Wildman–Crippen MR) is 84.2 cm³/mol. The van der Waals surface area contributed by atoms with Crippen molar-refractivity contribution in [1.29, 1.82) is 0 Å². The first kappa shape index (κ1) is 14.3. The lowest BCUT2D eigenvalue weighted by Gasteiger charge is -2.15. The van der Waals surface area contributed by atoms with E-state index < -0.39 is 6.04 Å². The molecule has 0 aliphatic rings. The Morgan fingerprint density at radius 2 is 2.05 bits per heavy atom. The molecule has 3 aromatic rings. The van der Waals surface area contributed by atoms with E-state index in [4.69, 9.17) is 10.3 Å². The number of nitrogens with two attached hydrogens (primary N) is 1. The van der Waals surface area contributed by atoms with Crippen LogP contribution in [0.5, 0.6) is 0 Å². The highest BCUT2D eigenvalue weighted by Crippen LogP contribution is 2.31. The Kier molecular flexibility index (Phi) is 3.80. The van der Waals surface area contributed by atoms with Crippen molar-refractivity contribution in [2.75, 3.05) is 0 Å². The molecule has 1 heterocycles. The first-order valence-corrected chi connectivity index (χ1v) is 7.29. The van der Waals surface area contributed by atoms with Gasteiger partial charge in [0.25, 0.3) is 0 Å². The number of halogens is 2. The average Bonchev–Trinajstić information content (AvgIpc) is 2.89. The van der Waals surface area contributed by atoms with Crippen LogP contribution in [0.3, 0.4) is 0 Å². The number of hydrazine groups is 1. The minimum Gasteiger partial charge on any atom is -0.459 e. The molecule has 0 spiro atoms. The Hall–Kier alpha value is -1.69. The quantitative estimate of drug-likeness (QED) is 0.551. The fourth-order valence-electron chi connectivity index (χ4n) is 2.43. The van der Waals surface area contributed by atoms with Gasteiger partial charge in [-0.25, -0.2) is 9.82 Å². The maximum Gasteiger partial charge on any atom is 0.137 e. The number of fused-ring (bicyclic) bond motifs is 1. The van der Waals surface area contributed by atoms with Crippen LogP contribution < -0.4 is 11.3 Å². The van der Waals surface area contributed by atoms with E-state index in [0.29, 0.717) is 11.3 Å². The zero-order valence-corrected chi connectivity index (χ0v) is 12.9. The van der Waals surface area contributed by atoms with Crippen molar-refractivity contribution in [2.24, 2.45) is 5.84 Å². The average molecular weight is 349 g/mol. The molecule has 0 bridgehead atoms. The highest BCUT2D eigenvalue weighted by atomic mass is 79.9. The summed E-state index contributed by atoms with van der Waals surface area (Å²) >= 11 is 3.35. The van der Waals surface area contributed by atoms with Gasteiger partial charge in [-0.1, -0.05) is 34.1 Å². The van der Waals surface area contributed by atoms with Crippen molar-refractivity contribution in [3.05, 3.63) is 69.6 Å². The molecule has 0 amide bonds. The van der Waals surface area contributed by atoms with Gasteiger partial charge in [-0.3, -0.25) is 5.84 Å². The van der Waals surface area contributed by atoms with Gasteiger partial charge in [-0.2, -0.15) is 0 Å². The summed E-state index contributed by atoms with van der Waals surface area (Å²) in [4.78, 5) is 0. The standard InChI is InChI=1S/C16H14BrFN2O/c1-9-3-2-4-10-7-14(21-16(9)10)15(20-19)12-8-11(17)5-6-13(12)18/h2-8,15,20H,19H2,1H3. The van der Waals surface area contributed by atoms with Gasteiger partial charge in [0.15, 0.2) is 0 Å². The molecule has 0 saturated heterocycles. The van der Waals surface area contributed by atoms with Gasteiger partial charge in [0.2, 0.25) is 0 Å². The summed E-state index contributed by atoms with van der Waals surface area (Å²) in [6, 6.07) is 12.0. The molecule has 0 aliphatic carbocycles. The molecule has 1 aromatic heterocycles. The van der Waals surface area contributed by atoms with Gasteiger partial charge in [0.05, 0.1) is 0 Å². The summed E-state index contributed by atoms with van der Waals surface area (Å²) in [6.45, 7) is 1.97. The molecule has 1 unspecified atom stereocenters. The number of rotatable bonds is 3. The third kappa shape index (κ3) is 2.60. The number of furan rings is 1. The monoisotopic (exact) mass is 348 g/mol. The fraction of sp³-hybridized carbons (Fsp3) is 0.125. The van der Waals surface area contributed by atoms with E-state index in [2.05, 4.69) is 21.4 Å². The molecule has 2 aromatic carbocycles. The first-order valence-electron chi connectivity index (χ1n) is 6.50. The molecule has 0 aliphatic heterocycles. The summed E-state index contributed by atoms with van der Waals surface area (Å²) < 4.78 is 20.7. The fourth-order valence-corrected chi connectivity index (χ4v) is 2.81. The summed E-state index contributed by atoms with van der Waals surface area (Å²) in [5.41, 5.74) is 4.89. The summed E-state index contributed by atoms with van der Waals surface area (Å²) in [5, 5.41) is 0.973. The molecule has 5 heteroatoms. The molecule has 108 valence electrons. The first-order chi connectivity index (χ1) is 10.1. The van der Waals surface area contributed by atoms with E-state index >= 15 is 0 Å². The Balaban J connectivity index is 2.13. The Bertz CT molecular complexity index is 800. The topological polar surface area (TPSA) is 51.2 Å². The lowest BCUT2D eigenvalue weighted by atomic mass is 10.0. The van der Waals surface area contributed by atoms with Crippen LogP contribution >= 0.6 is 15.9 Å². The predicted octanol–water partition coefficient (Wildman–Crippen LogP) is 4.20.